The second kappa shape index (κ2) is 5.96. The summed E-state index contributed by atoms with van der Waals surface area (Å²) in [6.45, 7) is 0. The minimum absolute atomic E-state index is 0.343. The fourth-order valence-corrected chi connectivity index (χ4v) is 1.72. The van der Waals surface area contributed by atoms with Crippen LogP contribution in [0.1, 0.15) is 17.5 Å². The number of esters is 1. The molecule has 0 saturated heterocycles. The summed E-state index contributed by atoms with van der Waals surface area (Å²) in [6.07, 6.45) is 9.00. The van der Waals surface area contributed by atoms with Gasteiger partial charge in [-0.05, 0) is 17.2 Å². The third kappa shape index (κ3) is 3.42. The maximum absolute atomic E-state index is 10.9. The molecule has 0 aliphatic carbocycles. The van der Waals surface area contributed by atoms with Crippen molar-refractivity contribution in [3.63, 3.8) is 0 Å². The van der Waals surface area contributed by atoms with Crippen molar-refractivity contribution in [2.24, 2.45) is 4.99 Å². The van der Waals surface area contributed by atoms with Crippen LogP contribution in [0, 0.1) is 0 Å². The normalized spacial score (nSPS) is 13.9. The van der Waals surface area contributed by atoms with Gasteiger partial charge >= 0.3 is 5.97 Å². The zero-order valence-electron chi connectivity index (χ0n) is 10.3. The summed E-state index contributed by atoms with van der Waals surface area (Å²) in [6, 6.07) is 8.05. The van der Waals surface area contributed by atoms with Crippen LogP contribution >= 0.6 is 0 Å². The molecule has 1 aliphatic rings. The van der Waals surface area contributed by atoms with Gasteiger partial charge in [0.15, 0.2) is 0 Å². The molecule has 1 aromatic carbocycles. The summed E-state index contributed by atoms with van der Waals surface area (Å²) in [5, 5.41) is 0. The monoisotopic (exact) mass is 241 g/mol. The molecular weight excluding hydrogens is 226 g/mol. The van der Waals surface area contributed by atoms with E-state index in [4.69, 9.17) is 0 Å². The number of aliphatic imine (C=N–C) groups is 1. The number of nitrogens with zero attached hydrogens (tertiary/aromatic N) is 1. The first kappa shape index (κ1) is 12.3. The third-order valence-corrected chi connectivity index (χ3v) is 2.69. The van der Waals surface area contributed by atoms with E-state index in [1.807, 2.05) is 30.5 Å². The Bertz CT molecular complexity index is 510. The third-order valence-electron chi connectivity index (χ3n) is 2.69. The topological polar surface area (TPSA) is 38.7 Å². The van der Waals surface area contributed by atoms with Gasteiger partial charge < -0.3 is 4.74 Å². The standard InChI is InChI=1S/C15H15NO2/c1-18-15(17)9-8-12-4-6-13(7-5-12)11-14-3-2-10-16-14/h3-10H,2,11H2,1H3/b9-8+. The molecule has 0 radical (unpaired) electrons. The minimum atomic E-state index is -0.343. The highest BCUT2D eigenvalue weighted by atomic mass is 16.5. The Morgan fingerprint density at radius 1 is 1.39 bits per heavy atom. The Morgan fingerprint density at radius 3 is 2.78 bits per heavy atom. The van der Waals surface area contributed by atoms with Crippen LogP contribution in [0.5, 0.6) is 0 Å². The summed E-state index contributed by atoms with van der Waals surface area (Å²) >= 11 is 0. The Kier molecular flexibility index (Phi) is 4.07. The van der Waals surface area contributed by atoms with Gasteiger partial charge in [0.25, 0.3) is 0 Å². The number of hydrogen-bond acceptors (Lipinski definition) is 3. The van der Waals surface area contributed by atoms with Crippen LogP contribution in [0.15, 0.2) is 47.1 Å². The summed E-state index contributed by atoms with van der Waals surface area (Å²) in [7, 11) is 1.37. The van der Waals surface area contributed by atoms with Crippen molar-refractivity contribution in [3.8, 4) is 0 Å². The van der Waals surface area contributed by atoms with E-state index in [2.05, 4.69) is 15.8 Å². The summed E-state index contributed by atoms with van der Waals surface area (Å²) < 4.78 is 4.54. The second-order valence-electron chi connectivity index (χ2n) is 4.02. The Balaban J connectivity index is 1.99. The first-order valence-corrected chi connectivity index (χ1v) is 5.84. The van der Waals surface area contributed by atoms with E-state index in [0.29, 0.717) is 0 Å². The average molecular weight is 241 g/mol. The highest BCUT2D eigenvalue weighted by molar-refractivity contribution is 5.86. The van der Waals surface area contributed by atoms with E-state index in [-0.39, 0.29) is 5.97 Å². The lowest BCUT2D eigenvalue weighted by Crippen LogP contribution is -1.93. The lowest BCUT2D eigenvalue weighted by Gasteiger charge is -2.01. The number of hydrogen-bond donors (Lipinski definition) is 0. The number of allylic oxidation sites excluding steroid dienone is 2. The van der Waals surface area contributed by atoms with E-state index in [0.717, 1.165) is 24.1 Å². The maximum atomic E-state index is 10.9. The predicted molar refractivity (Wildman–Crippen MR) is 72.4 cm³/mol. The molecule has 0 spiro atoms. The highest BCUT2D eigenvalue weighted by Gasteiger charge is 2.01. The summed E-state index contributed by atoms with van der Waals surface area (Å²) in [5.74, 6) is -0.343. The molecule has 1 heterocycles. The molecule has 0 atom stereocenters. The molecule has 0 unspecified atom stereocenters. The van der Waals surface area contributed by atoms with Crippen LogP contribution in [0.25, 0.3) is 6.08 Å². The molecule has 3 nitrogen and oxygen atoms in total. The number of carbonyl (C=O) groups is 1. The van der Waals surface area contributed by atoms with Crippen molar-refractivity contribution in [2.45, 2.75) is 12.8 Å². The van der Waals surface area contributed by atoms with Crippen LogP contribution in [-0.4, -0.2) is 19.3 Å². The molecule has 0 bridgehead atoms. The SMILES string of the molecule is COC(=O)/C=C/c1ccc(CC2=CCC=N2)cc1. The quantitative estimate of drug-likeness (QED) is 0.600. The first-order valence-electron chi connectivity index (χ1n) is 5.84. The fraction of sp³-hybridized carbons (Fsp3) is 0.200. The van der Waals surface area contributed by atoms with Gasteiger partial charge in [-0.25, -0.2) is 4.79 Å². The van der Waals surface area contributed by atoms with Crippen molar-refractivity contribution < 1.29 is 9.53 Å². The van der Waals surface area contributed by atoms with E-state index in [1.54, 1.807) is 6.08 Å². The Hall–Kier alpha value is -2.16. The van der Waals surface area contributed by atoms with E-state index < -0.39 is 0 Å². The molecule has 2 rings (SSSR count). The Morgan fingerprint density at radius 2 is 2.17 bits per heavy atom. The predicted octanol–water partition coefficient (Wildman–Crippen LogP) is 2.77. The molecule has 18 heavy (non-hydrogen) atoms. The van der Waals surface area contributed by atoms with Gasteiger partial charge in [0.05, 0.1) is 7.11 Å². The van der Waals surface area contributed by atoms with Crippen molar-refractivity contribution in [1.82, 2.24) is 0 Å². The van der Waals surface area contributed by atoms with Crippen molar-refractivity contribution >= 4 is 18.3 Å². The van der Waals surface area contributed by atoms with E-state index in [1.165, 1.54) is 18.7 Å². The molecular formula is C15H15NO2. The molecule has 1 aromatic rings. The lowest BCUT2D eigenvalue weighted by molar-refractivity contribution is -0.134. The van der Waals surface area contributed by atoms with Gasteiger partial charge in [-0.1, -0.05) is 30.3 Å². The van der Waals surface area contributed by atoms with Gasteiger partial charge in [-0.15, -0.1) is 0 Å². The fourth-order valence-electron chi connectivity index (χ4n) is 1.72. The van der Waals surface area contributed by atoms with Crippen molar-refractivity contribution in [3.05, 3.63) is 53.2 Å². The second-order valence-corrected chi connectivity index (χ2v) is 4.02. The minimum Gasteiger partial charge on any atom is -0.466 e. The molecule has 0 amide bonds. The summed E-state index contributed by atoms with van der Waals surface area (Å²) in [5.41, 5.74) is 3.32. The maximum Gasteiger partial charge on any atom is 0.330 e. The smallest absolute Gasteiger partial charge is 0.330 e. The largest absolute Gasteiger partial charge is 0.466 e. The Labute approximate surface area is 107 Å². The molecule has 0 saturated carbocycles. The van der Waals surface area contributed by atoms with Crippen molar-refractivity contribution in [2.75, 3.05) is 7.11 Å². The average Bonchev–Trinajstić information content (AvgIpc) is 2.90. The van der Waals surface area contributed by atoms with Crippen molar-refractivity contribution in [1.29, 1.82) is 0 Å². The van der Waals surface area contributed by atoms with Crippen LogP contribution in [0.3, 0.4) is 0 Å². The number of carbonyl (C=O) groups excluding carboxylic acids is 1. The van der Waals surface area contributed by atoms with Crippen LogP contribution in [0.2, 0.25) is 0 Å². The van der Waals surface area contributed by atoms with Crippen LogP contribution in [0.4, 0.5) is 0 Å². The number of rotatable bonds is 4. The number of ether oxygens (including phenoxy) is 1. The molecule has 92 valence electrons. The molecule has 0 fully saturated rings. The van der Waals surface area contributed by atoms with Crippen LogP contribution in [-0.2, 0) is 16.0 Å². The zero-order chi connectivity index (χ0) is 12.8. The molecule has 0 N–H and O–H groups in total. The van der Waals surface area contributed by atoms with Gasteiger partial charge in [0, 0.05) is 30.8 Å². The van der Waals surface area contributed by atoms with Gasteiger partial charge in [-0.3, -0.25) is 4.99 Å². The van der Waals surface area contributed by atoms with Gasteiger partial charge in [-0.2, -0.15) is 0 Å². The number of methoxy groups -OCH3 is 1. The van der Waals surface area contributed by atoms with Gasteiger partial charge in [0.2, 0.25) is 0 Å². The summed E-state index contributed by atoms with van der Waals surface area (Å²) in [4.78, 5) is 15.2. The van der Waals surface area contributed by atoms with Gasteiger partial charge in [0.1, 0.15) is 0 Å². The van der Waals surface area contributed by atoms with E-state index in [9.17, 15) is 4.79 Å². The zero-order valence-corrected chi connectivity index (χ0v) is 10.3. The molecule has 3 heteroatoms. The number of benzene rings is 1. The van der Waals surface area contributed by atoms with Crippen LogP contribution < -0.4 is 0 Å². The lowest BCUT2D eigenvalue weighted by atomic mass is 10.1. The molecule has 1 aliphatic heterocycles. The first-order chi connectivity index (χ1) is 8.78. The van der Waals surface area contributed by atoms with E-state index >= 15 is 0 Å². The highest BCUT2D eigenvalue weighted by Crippen LogP contribution is 2.14. The molecule has 0 aromatic heterocycles.